The van der Waals surface area contributed by atoms with Crippen molar-refractivity contribution in [2.75, 3.05) is 39.1 Å². The van der Waals surface area contributed by atoms with Crippen molar-refractivity contribution in [2.45, 2.75) is 20.4 Å². The zero-order valence-electron chi connectivity index (χ0n) is 11.6. The Balaban J connectivity index is 2.58. The molecule has 0 amide bonds. The molecule has 18 heavy (non-hydrogen) atoms. The van der Waals surface area contributed by atoms with Crippen LogP contribution in [0.2, 0.25) is 0 Å². The minimum Gasteiger partial charge on any atom is -0.497 e. The molecular weight excluding hydrogens is 228 g/mol. The summed E-state index contributed by atoms with van der Waals surface area (Å²) in [5.74, 6) is 0.800. The van der Waals surface area contributed by atoms with Crippen LogP contribution in [0.15, 0.2) is 18.2 Å². The number of nitrogens with zero attached hydrogens (tertiary/aromatic N) is 1. The first-order valence-electron chi connectivity index (χ1n) is 6.43. The van der Waals surface area contributed by atoms with Crippen molar-refractivity contribution in [2.24, 2.45) is 0 Å². The monoisotopic (exact) mass is 252 g/mol. The summed E-state index contributed by atoms with van der Waals surface area (Å²) in [6.07, 6.45) is 0. The number of benzene rings is 1. The molecule has 0 unspecified atom stereocenters. The highest BCUT2D eigenvalue weighted by molar-refractivity contribution is 5.51. The molecule has 0 saturated heterocycles. The van der Waals surface area contributed by atoms with Gasteiger partial charge in [-0.2, -0.15) is 0 Å². The van der Waals surface area contributed by atoms with Gasteiger partial charge in [0.1, 0.15) is 5.75 Å². The van der Waals surface area contributed by atoms with Gasteiger partial charge >= 0.3 is 0 Å². The SMILES string of the molecule is CCOCCN(CC)Cc1ccc(OC)cc1N. The molecule has 0 bridgehead atoms. The van der Waals surface area contributed by atoms with E-state index in [1.54, 1.807) is 7.11 Å². The summed E-state index contributed by atoms with van der Waals surface area (Å²) >= 11 is 0. The number of methoxy groups -OCH3 is 1. The van der Waals surface area contributed by atoms with Crippen LogP contribution in [0.5, 0.6) is 5.75 Å². The van der Waals surface area contributed by atoms with Gasteiger partial charge in [0.05, 0.1) is 13.7 Å². The Morgan fingerprint density at radius 3 is 2.61 bits per heavy atom. The minimum atomic E-state index is 0.764. The fourth-order valence-electron chi connectivity index (χ4n) is 1.77. The average Bonchev–Trinajstić information content (AvgIpc) is 2.39. The van der Waals surface area contributed by atoms with Crippen molar-refractivity contribution in [3.05, 3.63) is 23.8 Å². The smallest absolute Gasteiger partial charge is 0.120 e. The van der Waals surface area contributed by atoms with Gasteiger partial charge in [-0.05, 0) is 25.1 Å². The molecule has 2 N–H and O–H groups in total. The summed E-state index contributed by atoms with van der Waals surface area (Å²) in [5, 5.41) is 0. The molecule has 4 heteroatoms. The number of hydrogen-bond acceptors (Lipinski definition) is 4. The predicted molar refractivity (Wildman–Crippen MR) is 74.9 cm³/mol. The number of anilines is 1. The van der Waals surface area contributed by atoms with Crippen molar-refractivity contribution in [1.29, 1.82) is 0 Å². The summed E-state index contributed by atoms with van der Waals surface area (Å²) in [4.78, 5) is 2.31. The van der Waals surface area contributed by atoms with Crippen molar-refractivity contribution < 1.29 is 9.47 Å². The van der Waals surface area contributed by atoms with Crippen molar-refractivity contribution in [3.63, 3.8) is 0 Å². The Morgan fingerprint density at radius 1 is 1.28 bits per heavy atom. The van der Waals surface area contributed by atoms with Crippen molar-refractivity contribution in [1.82, 2.24) is 4.90 Å². The van der Waals surface area contributed by atoms with Gasteiger partial charge in [-0.25, -0.2) is 0 Å². The predicted octanol–water partition coefficient (Wildman–Crippen LogP) is 2.14. The van der Waals surface area contributed by atoms with Crippen molar-refractivity contribution >= 4 is 5.69 Å². The molecule has 0 radical (unpaired) electrons. The maximum atomic E-state index is 6.02. The van der Waals surface area contributed by atoms with Gasteiger partial charge in [0.15, 0.2) is 0 Å². The second kappa shape index (κ2) is 7.95. The third-order valence-corrected chi connectivity index (χ3v) is 2.95. The average molecular weight is 252 g/mol. The van der Waals surface area contributed by atoms with Crippen LogP contribution in [0.3, 0.4) is 0 Å². The number of nitrogens with two attached hydrogens (primary N) is 1. The molecule has 0 saturated carbocycles. The summed E-state index contributed by atoms with van der Waals surface area (Å²) < 4.78 is 10.5. The lowest BCUT2D eigenvalue weighted by molar-refractivity contribution is 0.113. The Bertz CT molecular complexity index is 356. The van der Waals surface area contributed by atoms with E-state index in [0.717, 1.165) is 49.8 Å². The molecule has 1 rings (SSSR count). The molecule has 1 aromatic carbocycles. The third-order valence-electron chi connectivity index (χ3n) is 2.95. The Hall–Kier alpha value is -1.26. The minimum absolute atomic E-state index is 0.764. The van der Waals surface area contributed by atoms with E-state index in [0.29, 0.717) is 0 Å². The van der Waals surface area contributed by atoms with E-state index in [4.69, 9.17) is 15.2 Å². The molecule has 1 aromatic rings. The first kappa shape index (κ1) is 14.8. The zero-order valence-corrected chi connectivity index (χ0v) is 11.6. The molecule has 0 atom stereocenters. The second-order valence-corrected chi connectivity index (χ2v) is 4.13. The fraction of sp³-hybridized carbons (Fsp3) is 0.571. The molecule has 0 aromatic heterocycles. The number of likely N-dealkylation sites (N-methyl/N-ethyl adjacent to an activating group) is 1. The first-order chi connectivity index (χ1) is 8.71. The molecule has 0 aliphatic carbocycles. The van der Waals surface area contributed by atoms with Crippen LogP contribution in [0.1, 0.15) is 19.4 Å². The van der Waals surface area contributed by atoms with Crippen LogP contribution in [0.25, 0.3) is 0 Å². The van der Waals surface area contributed by atoms with E-state index < -0.39 is 0 Å². The molecule has 0 aliphatic heterocycles. The molecule has 0 heterocycles. The molecule has 0 spiro atoms. The summed E-state index contributed by atoms with van der Waals surface area (Å²) in [7, 11) is 1.65. The Morgan fingerprint density at radius 2 is 2.06 bits per heavy atom. The lowest BCUT2D eigenvalue weighted by Gasteiger charge is -2.21. The fourth-order valence-corrected chi connectivity index (χ4v) is 1.77. The lowest BCUT2D eigenvalue weighted by Crippen LogP contribution is -2.27. The summed E-state index contributed by atoms with van der Waals surface area (Å²) in [6.45, 7) is 8.44. The van der Waals surface area contributed by atoms with Crippen LogP contribution >= 0.6 is 0 Å². The van der Waals surface area contributed by atoms with E-state index in [1.165, 1.54) is 0 Å². The second-order valence-electron chi connectivity index (χ2n) is 4.13. The normalized spacial score (nSPS) is 10.9. The highest BCUT2D eigenvalue weighted by Crippen LogP contribution is 2.20. The standard InChI is InChI=1S/C14H24N2O2/c1-4-16(8-9-18-5-2)11-12-6-7-13(17-3)10-14(12)15/h6-7,10H,4-5,8-9,11,15H2,1-3H3. The van der Waals surface area contributed by atoms with Crippen LogP contribution in [0, 0.1) is 0 Å². The van der Waals surface area contributed by atoms with Gasteiger partial charge in [-0.1, -0.05) is 13.0 Å². The van der Waals surface area contributed by atoms with Crippen LogP contribution in [-0.2, 0) is 11.3 Å². The highest BCUT2D eigenvalue weighted by atomic mass is 16.5. The molecule has 0 fully saturated rings. The zero-order chi connectivity index (χ0) is 13.4. The first-order valence-corrected chi connectivity index (χ1v) is 6.43. The lowest BCUT2D eigenvalue weighted by atomic mass is 10.1. The summed E-state index contributed by atoms with van der Waals surface area (Å²) in [5.41, 5.74) is 7.93. The van der Waals surface area contributed by atoms with E-state index in [-0.39, 0.29) is 0 Å². The van der Waals surface area contributed by atoms with E-state index >= 15 is 0 Å². The van der Waals surface area contributed by atoms with Gasteiger partial charge in [0.2, 0.25) is 0 Å². The van der Waals surface area contributed by atoms with E-state index in [9.17, 15) is 0 Å². The maximum Gasteiger partial charge on any atom is 0.120 e. The number of nitrogen functional groups attached to an aromatic ring is 1. The maximum absolute atomic E-state index is 6.02. The molecular formula is C14H24N2O2. The van der Waals surface area contributed by atoms with Gasteiger partial charge in [-0.15, -0.1) is 0 Å². The van der Waals surface area contributed by atoms with Gasteiger partial charge in [-0.3, -0.25) is 4.90 Å². The largest absolute Gasteiger partial charge is 0.497 e. The Labute approximate surface area is 110 Å². The van der Waals surface area contributed by atoms with Crippen molar-refractivity contribution in [3.8, 4) is 5.75 Å². The van der Waals surface area contributed by atoms with Crippen LogP contribution in [-0.4, -0.2) is 38.3 Å². The number of hydrogen-bond donors (Lipinski definition) is 1. The Kier molecular flexibility index (Phi) is 6.54. The molecule has 0 aliphatic rings. The number of ether oxygens (including phenoxy) is 2. The molecule has 4 nitrogen and oxygen atoms in total. The van der Waals surface area contributed by atoms with Gasteiger partial charge in [0, 0.05) is 31.5 Å². The van der Waals surface area contributed by atoms with Crippen LogP contribution in [0.4, 0.5) is 5.69 Å². The highest BCUT2D eigenvalue weighted by Gasteiger charge is 2.07. The number of rotatable bonds is 8. The topological polar surface area (TPSA) is 47.7 Å². The third kappa shape index (κ3) is 4.55. The van der Waals surface area contributed by atoms with E-state index in [1.807, 2.05) is 25.1 Å². The quantitative estimate of drug-likeness (QED) is 0.569. The van der Waals surface area contributed by atoms with Crippen LogP contribution < -0.4 is 10.5 Å². The molecule has 102 valence electrons. The van der Waals surface area contributed by atoms with Gasteiger partial charge in [0.25, 0.3) is 0 Å². The van der Waals surface area contributed by atoms with Gasteiger partial charge < -0.3 is 15.2 Å². The van der Waals surface area contributed by atoms with E-state index in [2.05, 4.69) is 11.8 Å². The summed E-state index contributed by atoms with van der Waals surface area (Å²) in [6, 6.07) is 5.84.